The number of nitrogens with zero attached hydrogens (tertiary/aromatic N) is 1. The number of imide groups is 1. The number of para-hydroxylation sites is 1. The summed E-state index contributed by atoms with van der Waals surface area (Å²) in [6.07, 6.45) is 2.70. The van der Waals surface area contributed by atoms with Crippen LogP contribution in [0.1, 0.15) is 49.9 Å². The number of hydrogen-bond acceptors (Lipinski definition) is 4. The van der Waals surface area contributed by atoms with Gasteiger partial charge in [0.2, 0.25) is 0 Å². The third-order valence-corrected chi connectivity index (χ3v) is 4.31. The van der Waals surface area contributed by atoms with Crippen LogP contribution in [0.25, 0.3) is 0 Å². The van der Waals surface area contributed by atoms with Gasteiger partial charge in [-0.15, -0.1) is 0 Å². The summed E-state index contributed by atoms with van der Waals surface area (Å²) in [6.45, 7) is 3.67. The van der Waals surface area contributed by atoms with Gasteiger partial charge in [-0.25, -0.2) is 4.79 Å². The quantitative estimate of drug-likeness (QED) is 0.587. The molecule has 24 heavy (non-hydrogen) atoms. The van der Waals surface area contributed by atoms with Crippen LogP contribution in [0.5, 0.6) is 5.75 Å². The second-order valence-corrected chi connectivity index (χ2v) is 6.03. The predicted octanol–water partition coefficient (Wildman–Crippen LogP) is 2.77. The van der Waals surface area contributed by atoms with E-state index in [1.807, 2.05) is 13.8 Å². The molecule has 130 valence electrons. The van der Waals surface area contributed by atoms with Crippen LogP contribution in [-0.4, -0.2) is 41.8 Å². The molecule has 1 fully saturated rings. The van der Waals surface area contributed by atoms with Crippen LogP contribution < -0.4 is 10.1 Å². The van der Waals surface area contributed by atoms with E-state index in [2.05, 4.69) is 5.32 Å². The molecule has 3 amide bonds. The first-order chi connectivity index (χ1) is 11.5. The molecular weight excluding hydrogens is 308 g/mol. The number of ether oxygens (including phenoxy) is 1. The summed E-state index contributed by atoms with van der Waals surface area (Å²) in [7, 11) is 1.48. The lowest BCUT2D eigenvalue weighted by atomic mass is 9.88. The monoisotopic (exact) mass is 332 g/mol. The fourth-order valence-corrected chi connectivity index (χ4v) is 3.24. The van der Waals surface area contributed by atoms with Crippen LogP contribution in [0, 0.1) is 0 Å². The van der Waals surface area contributed by atoms with E-state index >= 15 is 0 Å². The molecule has 1 N–H and O–H groups in total. The van der Waals surface area contributed by atoms with Crippen molar-refractivity contribution in [3.05, 3.63) is 29.8 Å². The minimum atomic E-state index is -0.873. The normalized spacial score (nSPS) is 16.2. The first-order valence-electron chi connectivity index (χ1n) is 8.29. The zero-order valence-corrected chi connectivity index (χ0v) is 14.4. The van der Waals surface area contributed by atoms with Gasteiger partial charge in [0.15, 0.2) is 5.78 Å². The van der Waals surface area contributed by atoms with Crippen LogP contribution >= 0.6 is 0 Å². The lowest BCUT2D eigenvalue weighted by Gasteiger charge is -2.25. The average Bonchev–Trinajstić information content (AvgIpc) is 2.80. The first-order valence-corrected chi connectivity index (χ1v) is 8.29. The Hall–Kier alpha value is -2.37. The third kappa shape index (κ3) is 3.27. The number of Topliss-reactive ketones (excluding diaryl/α,β-unsaturated/α-hetero) is 1. The van der Waals surface area contributed by atoms with Gasteiger partial charge in [0, 0.05) is 0 Å². The lowest BCUT2D eigenvalue weighted by Crippen LogP contribution is -2.47. The summed E-state index contributed by atoms with van der Waals surface area (Å²) in [6, 6.07) is 6.30. The van der Waals surface area contributed by atoms with E-state index in [4.69, 9.17) is 4.74 Å². The van der Waals surface area contributed by atoms with E-state index < -0.39 is 11.6 Å². The van der Waals surface area contributed by atoms with E-state index in [1.165, 1.54) is 7.11 Å². The smallest absolute Gasteiger partial charge is 0.325 e. The van der Waals surface area contributed by atoms with Crippen LogP contribution in [0.15, 0.2) is 24.3 Å². The summed E-state index contributed by atoms with van der Waals surface area (Å²) in [5, 5.41) is 2.81. The molecule has 1 aliphatic heterocycles. The minimum Gasteiger partial charge on any atom is -0.496 e. The van der Waals surface area contributed by atoms with Crippen molar-refractivity contribution >= 4 is 17.7 Å². The van der Waals surface area contributed by atoms with Crippen molar-refractivity contribution in [2.45, 2.75) is 45.1 Å². The third-order valence-electron chi connectivity index (χ3n) is 4.31. The molecule has 0 aliphatic carbocycles. The highest BCUT2D eigenvalue weighted by Crippen LogP contribution is 2.28. The number of ketones is 1. The molecule has 0 atom stereocenters. The van der Waals surface area contributed by atoms with Crippen LogP contribution in [0.2, 0.25) is 0 Å². The van der Waals surface area contributed by atoms with Gasteiger partial charge >= 0.3 is 6.03 Å². The van der Waals surface area contributed by atoms with Crippen molar-refractivity contribution in [1.82, 2.24) is 10.2 Å². The number of amides is 3. The van der Waals surface area contributed by atoms with Crippen LogP contribution in [-0.2, 0) is 4.79 Å². The largest absolute Gasteiger partial charge is 0.496 e. The molecule has 1 saturated heterocycles. The minimum absolute atomic E-state index is 0.278. The zero-order valence-electron chi connectivity index (χ0n) is 14.4. The van der Waals surface area contributed by atoms with E-state index in [1.54, 1.807) is 24.3 Å². The number of methoxy groups -OCH3 is 1. The van der Waals surface area contributed by atoms with Crippen molar-refractivity contribution in [2.75, 3.05) is 13.7 Å². The molecule has 2 rings (SSSR count). The van der Waals surface area contributed by atoms with Gasteiger partial charge in [-0.3, -0.25) is 14.5 Å². The van der Waals surface area contributed by atoms with Gasteiger partial charge in [0.1, 0.15) is 11.3 Å². The van der Waals surface area contributed by atoms with Crippen molar-refractivity contribution < 1.29 is 19.1 Å². The molecule has 1 heterocycles. The molecule has 0 aromatic heterocycles. The van der Waals surface area contributed by atoms with Gasteiger partial charge in [0.25, 0.3) is 5.91 Å². The van der Waals surface area contributed by atoms with Gasteiger partial charge < -0.3 is 10.1 Å². The number of rotatable bonds is 8. The van der Waals surface area contributed by atoms with E-state index in [-0.39, 0.29) is 18.2 Å². The van der Waals surface area contributed by atoms with Crippen molar-refractivity contribution in [3.8, 4) is 5.75 Å². The Morgan fingerprint density at radius 1 is 1.17 bits per heavy atom. The Kier molecular flexibility index (Phi) is 5.59. The zero-order chi connectivity index (χ0) is 17.7. The fraction of sp³-hybridized carbons (Fsp3) is 0.500. The summed E-state index contributed by atoms with van der Waals surface area (Å²) in [5.41, 5.74) is -0.508. The second-order valence-electron chi connectivity index (χ2n) is 6.03. The molecule has 0 saturated carbocycles. The predicted molar refractivity (Wildman–Crippen MR) is 90.1 cm³/mol. The highest BCUT2D eigenvalue weighted by Gasteiger charge is 2.50. The van der Waals surface area contributed by atoms with Crippen molar-refractivity contribution in [3.63, 3.8) is 0 Å². The van der Waals surface area contributed by atoms with Crippen LogP contribution in [0.3, 0.4) is 0 Å². The van der Waals surface area contributed by atoms with Gasteiger partial charge in [-0.1, -0.05) is 38.8 Å². The molecule has 0 radical (unpaired) electrons. The number of nitrogens with one attached hydrogen (secondary N) is 1. The molecule has 0 unspecified atom stereocenters. The topological polar surface area (TPSA) is 75.7 Å². The number of hydrogen-bond donors (Lipinski definition) is 1. The molecule has 0 spiro atoms. The SMILES string of the molecule is CCCC1(CCC)NC(=O)N(CC(=O)c2ccccc2OC)C1=O. The molecule has 1 aliphatic rings. The maximum Gasteiger partial charge on any atom is 0.325 e. The number of carbonyl (C=O) groups excluding carboxylic acids is 3. The Bertz CT molecular complexity index is 636. The van der Waals surface area contributed by atoms with Crippen molar-refractivity contribution in [2.24, 2.45) is 0 Å². The highest BCUT2D eigenvalue weighted by molar-refractivity contribution is 6.11. The van der Waals surface area contributed by atoms with E-state index in [0.717, 1.165) is 17.7 Å². The second kappa shape index (κ2) is 7.47. The van der Waals surface area contributed by atoms with E-state index in [0.29, 0.717) is 24.2 Å². The highest BCUT2D eigenvalue weighted by atomic mass is 16.5. The molecule has 0 bridgehead atoms. The maximum absolute atomic E-state index is 12.8. The molecule has 6 nitrogen and oxygen atoms in total. The lowest BCUT2D eigenvalue weighted by molar-refractivity contribution is -0.131. The van der Waals surface area contributed by atoms with Gasteiger partial charge in [0.05, 0.1) is 19.2 Å². The van der Waals surface area contributed by atoms with Crippen LogP contribution in [0.4, 0.5) is 4.79 Å². The average molecular weight is 332 g/mol. The first kappa shape index (κ1) is 18.0. The summed E-state index contributed by atoms with van der Waals surface area (Å²) >= 11 is 0. The summed E-state index contributed by atoms with van der Waals surface area (Å²) in [5.74, 6) is -0.192. The Morgan fingerprint density at radius 3 is 2.38 bits per heavy atom. The maximum atomic E-state index is 12.8. The van der Waals surface area contributed by atoms with Crippen molar-refractivity contribution in [1.29, 1.82) is 0 Å². The molecule has 6 heteroatoms. The molecular formula is C18H24N2O4. The fourth-order valence-electron chi connectivity index (χ4n) is 3.24. The summed E-state index contributed by atoms with van der Waals surface area (Å²) in [4.78, 5) is 38.7. The van der Waals surface area contributed by atoms with Gasteiger partial charge in [-0.2, -0.15) is 0 Å². The Morgan fingerprint density at radius 2 is 1.79 bits per heavy atom. The molecule has 1 aromatic carbocycles. The Balaban J connectivity index is 2.22. The Labute approximate surface area is 142 Å². The standard InChI is InChI=1S/C18H24N2O4/c1-4-10-18(11-5-2)16(22)20(17(23)19-18)12-14(21)13-8-6-7-9-15(13)24-3/h6-9H,4-5,10-12H2,1-3H3,(H,19,23). The summed E-state index contributed by atoms with van der Waals surface area (Å²) < 4.78 is 5.18. The van der Waals surface area contributed by atoms with Gasteiger partial charge in [-0.05, 0) is 25.0 Å². The number of carbonyl (C=O) groups is 3. The van der Waals surface area contributed by atoms with E-state index in [9.17, 15) is 14.4 Å². The molecule has 1 aromatic rings. The number of urea groups is 1. The number of benzene rings is 1.